The zero-order valence-electron chi connectivity index (χ0n) is 7.56. The van der Waals surface area contributed by atoms with Crippen molar-refractivity contribution in [2.24, 2.45) is 0 Å². The first kappa shape index (κ1) is 12.9. The predicted octanol–water partition coefficient (Wildman–Crippen LogP) is -0.0884. The molecule has 1 N–H and O–H groups in total. The molecule has 0 aliphatic carbocycles. The van der Waals surface area contributed by atoms with Gasteiger partial charge < -0.3 is 0 Å². The van der Waals surface area contributed by atoms with Crippen LogP contribution in [0.3, 0.4) is 0 Å². The van der Waals surface area contributed by atoms with Crippen LogP contribution < -0.4 is 0 Å². The van der Waals surface area contributed by atoms with Gasteiger partial charge in [0.2, 0.25) is 11.8 Å². The highest BCUT2D eigenvalue weighted by Crippen LogP contribution is 2.31. The van der Waals surface area contributed by atoms with Gasteiger partial charge in [-0.05, 0) is 0 Å². The Bertz CT molecular complexity index is 412. The summed E-state index contributed by atoms with van der Waals surface area (Å²) in [7, 11) is -5.61. The van der Waals surface area contributed by atoms with Crippen LogP contribution in [0.1, 0.15) is 12.8 Å². The second-order valence-electron chi connectivity index (χ2n) is 3.07. The van der Waals surface area contributed by atoms with Gasteiger partial charge in [-0.3, -0.25) is 19.0 Å². The number of rotatable bonds is 2. The van der Waals surface area contributed by atoms with Crippen LogP contribution >= 0.6 is 0 Å². The molecule has 1 atom stereocenters. The largest absolute Gasteiger partial charge is 0.426 e. The molecule has 16 heavy (non-hydrogen) atoms. The number of imide groups is 1. The van der Waals surface area contributed by atoms with Gasteiger partial charge in [-0.15, -0.1) is 0 Å². The molecule has 1 aliphatic rings. The SMILES string of the molecule is O=C1CCC(=O)N1C(C(F)(F)F)S(=O)(=O)O. The summed E-state index contributed by atoms with van der Waals surface area (Å²) in [5.74, 6) is -2.55. The van der Waals surface area contributed by atoms with Gasteiger partial charge in [0.15, 0.2) is 0 Å². The molecule has 1 saturated heterocycles. The molecule has 10 heteroatoms. The molecule has 2 amide bonds. The van der Waals surface area contributed by atoms with Gasteiger partial charge in [-0.25, -0.2) is 0 Å². The maximum Gasteiger partial charge on any atom is 0.426 e. The molecule has 0 spiro atoms. The fraction of sp³-hybridized carbons (Fsp3) is 0.667. The summed E-state index contributed by atoms with van der Waals surface area (Å²) in [6, 6.07) is 0. The Kier molecular flexibility index (Phi) is 2.98. The predicted molar refractivity (Wildman–Crippen MR) is 42.5 cm³/mol. The third-order valence-corrected chi connectivity index (χ3v) is 2.93. The topological polar surface area (TPSA) is 91.8 Å². The zero-order chi connectivity index (χ0) is 12.7. The number of amides is 2. The summed E-state index contributed by atoms with van der Waals surface area (Å²) >= 11 is 0. The molecular formula is C6H6F3NO5S. The van der Waals surface area contributed by atoms with E-state index in [4.69, 9.17) is 4.55 Å². The van der Waals surface area contributed by atoms with Crippen LogP contribution in [0.2, 0.25) is 0 Å². The Morgan fingerprint density at radius 3 is 1.81 bits per heavy atom. The number of halogens is 3. The maximum absolute atomic E-state index is 12.3. The van der Waals surface area contributed by atoms with Crippen molar-refractivity contribution in [1.29, 1.82) is 0 Å². The highest BCUT2D eigenvalue weighted by atomic mass is 32.2. The fourth-order valence-corrected chi connectivity index (χ4v) is 2.14. The van der Waals surface area contributed by atoms with Crippen molar-refractivity contribution in [2.75, 3.05) is 0 Å². The van der Waals surface area contributed by atoms with Crippen molar-refractivity contribution in [2.45, 2.75) is 24.4 Å². The van der Waals surface area contributed by atoms with E-state index in [1.54, 1.807) is 0 Å². The van der Waals surface area contributed by atoms with Crippen molar-refractivity contribution in [3.63, 3.8) is 0 Å². The third-order valence-electron chi connectivity index (χ3n) is 1.89. The van der Waals surface area contributed by atoms with Gasteiger partial charge in [0.05, 0.1) is 0 Å². The molecule has 92 valence electrons. The first-order chi connectivity index (χ1) is 7.05. The van der Waals surface area contributed by atoms with Crippen LogP contribution in [0.4, 0.5) is 13.2 Å². The molecular weight excluding hydrogens is 255 g/mol. The lowest BCUT2D eigenvalue weighted by Crippen LogP contribution is -2.52. The smallest absolute Gasteiger partial charge is 0.284 e. The second kappa shape index (κ2) is 3.70. The van der Waals surface area contributed by atoms with Crippen molar-refractivity contribution in [3.05, 3.63) is 0 Å². The summed E-state index contributed by atoms with van der Waals surface area (Å²) in [6.45, 7) is 0. The van der Waals surface area contributed by atoms with E-state index in [9.17, 15) is 31.2 Å². The Morgan fingerprint density at radius 1 is 1.19 bits per heavy atom. The molecule has 1 unspecified atom stereocenters. The van der Waals surface area contributed by atoms with Crippen molar-refractivity contribution >= 4 is 21.9 Å². The number of carbonyl (C=O) groups excluding carboxylic acids is 2. The van der Waals surface area contributed by atoms with E-state index in [-0.39, 0.29) is 0 Å². The van der Waals surface area contributed by atoms with E-state index in [0.717, 1.165) is 0 Å². The van der Waals surface area contributed by atoms with E-state index in [1.807, 2.05) is 0 Å². The highest BCUT2D eigenvalue weighted by molar-refractivity contribution is 7.86. The number of hydrogen-bond acceptors (Lipinski definition) is 4. The minimum atomic E-state index is -5.61. The lowest BCUT2D eigenvalue weighted by Gasteiger charge is -2.25. The van der Waals surface area contributed by atoms with E-state index in [0.29, 0.717) is 0 Å². The summed E-state index contributed by atoms with van der Waals surface area (Å²) in [5, 5.41) is -3.51. The van der Waals surface area contributed by atoms with Crippen molar-refractivity contribution in [3.8, 4) is 0 Å². The molecule has 1 fully saturated rings. The number of likely N-dealkylation sites (tertiary alicyclic amines) is 1. The maximum atomic E-state index is 12.3. The summed E-state index contributed by atoms with van der Waals surface area (Å²) in [4.78, 5) is 21.4. The number of hydrogen-bond donors (Lipinski definition) is 1. The van der Waals surface area contributed by atoms with Crippen molar-refractivity contribution < 1.29 is 35.7 Å². The molecule has 1 rings (SSSR count). The lowest BCUT2D eigenvalue weighted by molar-refractivity contribution is -0.175. The molecule has 1 aliphatic heterocycles. The molecule has 0 radical (unpaired) electrons. The number of alkyl halides is 3. The van der Waals surface area contributed by atoms with E-state index < -0.39 is 51.2 Å². The van der Waals surface area contributed by atoms with Crippen molar-refractivity contribution in [1.82, 2.24) is 4.90 Å². The summed E-state index contributed by atoms with van der Waals surface area (Å²) in [5.41, 5.74) is 0. The quantitative estimate of drug-likeness (QED) is 0.554. The zero-order valence-corrected chi connectivity index (χ0v) is 8.38. The Labute approximate surface area is 87.8 Å². The average Bonchev–Trinajstić information content (AvgIpc) is 2.30. The standard InChI is InChI=1S/C6H6F3NO5S/c7-6(8,9)5(16(13,14)15)10-3(11)1-2-4(10)12/h5H,1-2H2,(H,13,14,15). The van der Waals surface area contributed by atoms with Gasteiger partial charge >= 0.3 is 6.18 Å². The van der Waals surface area contributed by atoms with Crippen LogP contribution in [0, 0.1) is 0 Å². The van der Waals surface area contributed by atoms with Crippen LogP contribution in [-0.4, -0.2) is 41.2 Å². The molecule has 6 nitrogen and oxygen atoms in total. The van der Waals surface area contributed by atoms with E-state index >= 15 is 0 Å². The second-order valence-corrected chi connectivity index (χ2v) is 4.54. The monoisotopic (exact) mass is 261 g/mol. The van der Waals surface area contributed by atoms with Crippen LogP contribution in [0.5, 0.6) is 0 Å². The lowest BCUT2D eigenvalue weighted by atomic mass is 10.4. The van der Waals surface area contributed by atoms with Crippen LogP contribution in [0.15, 0.2) is 0 Å². The number of nitrogens with zero attached hydrogens (tertiary/aromatic N) is 1. The van der Waals surface area contributed by atoms with Gasteiger partial charge in [-0.2, -0.15) is 21.6 Å². The Hall–Kier alpha value is -1.16. The molecule has 1 heterocycles. The van der Waals surface area contributed by atoms with Gasteiger partial charge in [0.1, 0.15) is 0 Å². The normalized spacial score (nSPS) is 20.4. The molecule has 0 aromatic heterocycles. The first-order valence-electron chi connectivity index (χ1n) is 3.93. The molecule has 0 saturated carbocycles. The van der Waals surface area contributed by atoms with Gasteiger partial charge in [-0.1, -0.05) is 0 Å². The Balaban J connectivity index is 3.23. The highest BCUT2D eigenvalue weighted by Gasteiger charge is 2.57. The van der Waals surface area contributed by atoms with E-state index in [1.165, 1.54) is 0 Å². The van der Waals surface area contributed by atoms with Crippen LogP contribution in [0.25, 0.3) is 0 Å². The third kappa shape index (κ3) is 2.32. The molecule has 0 aromatic carbocycles. The number of carbonyl (C=O) groups is 2. The minimum absolute atomic E-state index is 0.463. The van der Waals surface area contributed by atoms with E-state index in [2.05, 4.69) is 0 Å². The molecule has 0 bridgehead atoms. The molecule has 0 aromatic rings. The average molecular weight is 261 g/mol. The fourth-order valence-electron chi connectivity index (χ4n) is 1.30. The van der Waals surface area contributed by atoms with Crippen LogP contribution in [-0.2, 0) is 19.7 Å². The van der Waals surface area contributed by atoms with Gasteiger partial charge in [0, 0.05) is 12.8 Å². The van der Waals surface area contributed by atoms with Gasteiger partial charge in [0.25, 0.3) is 15.5 Å². The Morgan fingerprint density at radius 2 is 1.56 bits per heavy atom. The summed E-state index contributed by atoms with van der Waals surface area (Å²) < 4.78 is 66.5. The first-order valence-corrected chi connectivity index (χ1v) is 5.43. The minimum Gasteiger partial charge on any atom is -0.284 e. The summed E-state index contributed by atoms with van der Waals surface area (Å²) in [6.07, 6.45) is -6.43.